The molecular weight excluding hydrogens is 396 g/mol. The summed E-state index contributed by atoms with van der Waals surface area (Å²) in [5.41, 5.74) is 1.02. The zero-order chi connectivity index (χ0) is 18.6. The Bertz CT molecular complexity index is 909. The SMILES string of the molecule is CC1CCN(C(=O)CSc2n[nH]c(Cc3cccs3)n2)c2ccccc2S1. The number of aromatic amines is 1. The Hall–Kier alpha value is -1.77. The topological polar surface area (TPSA) is 61.9 Å². The van der Waals surface area contributed by atoms with Crippen molar-refractivity contribution >= 4 is 46.5 Å². The van der Waals surface area contributed by atoms with Crippen LogP contribution in [0.5, 0.6) is 0 Å². The van der Waals surface area contributed by atoms with Gasteiger partial charge in [0.25, 0.3) is 0 Å². The minimum atomic E-state index is 0.103. The highest BCUT2D eigenvalue weighted by Gasteiger charge is 2.24. The number of nitrogens with one attached hydrogen (secondary N) is 1. The Morgan fingerprint density at radius 3 is 3.07 bits per heavy atom. The van der Waals surface area contributed by atoms with Gasteiger partial charge >= 0.3 is 0 Å². The molecule has 1 unspecified atom stereocenters. The molecule has 0 saturated carbocycles. The van der Waals surface area contributed by atoms with E-state index in [0.29, 0.717) is 16.2 Å². The molecule has 3 heterocycles. The Kier molecular flexibility index (Phi) is 5.85. The van der Waals surface area contributed by atoms with Gasteiger partial charge in [0.1, 0.15) is 5.82 Å². The van der Waals surface area contributed by atoms with Crippen LogP contribution in [0.3, 0.4) is 0 Å². The normalized spacial score (nSPS) is 16.8. The number of carbonyl (C=O) groups excluding carboxylic acids is 1. The second kappa shape index (κ2) is 8.50. The summed E-state index contributed by atoms with van der Waals surface area (Å²) < 4.78 is 0. The first-order valence-electron chi connectivity index (χ1n) is 8.81. The van der Waals surface area contributed by atoms with Crippen molar-refractivity contribution < 1.29 is 4.79 Å². The number of thioether (sulfide) groups is 2. The Labute approximate surface area is 171 Å². The molecule has 0 aliphatic carbocycles. The number of hydrogen-bond acceptors (Lipinski definition) is 6. The number of anilines is 1. The molecule has 5 nitrogen and oxygen atoms in total. The number of aromatic nitrogens is 3. The van der Waals surface area contributed by atoms with Crippen LogP contribution in [-0.4, -0.2) is 38.6 Å². The molecule has 27 heavy (non-hydrogen) atoms. The van der Waals surface area contributed by atoms with Crippen LogP contribution in [0.15, 0.2) is 51.8 Å². The summed E-state index contributed by atoms with van der Waals surface area (Å²) in [6, 6.07) is 12.3. The van der Waals surface area contributed by atoms with Crippen molar-refractivity contribution in [3.63, 3.8) is 0 Å². The largest absolute Gasteiger partial charge is 0.311 e. The van der Waals surface area contributed by atoms with Crippen molar-refractivity contribution in [2.45, 2.75) is 35.1 Å². The number of benzene rings is 1. The first kappa shape index (κ1) is 18.6. The number of hydrogen-bond donors (Lipinski definition) is 1. The van der Waals surface area contributed by atoms with Gasteiger partial charge in [0, 0.05) is 28.0 Å². The van der Waals surface area contributed by atoms with Crippen LogP contribution >= 0.6 is 34.9 Å². The molecule has 1 aliphatic heterocycles. The van der Waals surface area contributed by atoms with E-state index in [1.54, 1.807) is 11.3 Å². The highest BCUT2D eigenvalue weighted by atomic mass is 32.2. The van der Waals surface area contributed by atoms with E-state index < -0.39 is 0 Å². The van der Waals surface area contributed by atoms with Gasteiger partial charge in [-0.15, -0.1) is 28.2 Å². The molecule has 4 rings (SSSR count). The molecule has 0 spiro atoms. The third-order valence-electron chi connectivity index (χ3n) is 4.30. The molecule has 1 aromatic carbocycles. The highest BCUT2D eigenvalue weighted by molar-refractivity contribution is 8.00. The maximum Gasteiger partial charge on any atom is 0.237 e. The third kappa shape index (κ3) is 4.56. The first-order chi connectivity index (χ1) is 13.2. The number of carbonyl (C=O) groups is 1. The van der Waals surface area contributed by atoms with E-state index in [2.05, 4.69) is 39.6 Å². The summed E-state index contributed by atoms with van der Waals surface area (Å²) in [6.45, 7) is 2.97. The predicted octanol–water partition coefficient (Wildman–Crippen LogP) is 4.47. The van der Waals surface area contributed by atoms with Gasteiger partial charge in [0.15, 0.2) is 0 Å². The first-order valence-corrected chi connectivity index (χ1v) is 11.6. The van der Waals surface area contributed by atoms with Crippen molar-refractivity contribution in [3.05, 3.63) is 52.5 Å². The number of fused-ring (bicyclic) bond motifs is 1. The fourth-order valence-corrected chi connectivity index (χ4v) is 5.47. The summed E-state index contributed by atoms with van der Waals surface area (Å²) in [5, 5.41) is 10.4. The van der Waals surface area contributed by atoms with Crippen LogP contribution in [0.4, 0.5) is 5.69 Å². The summed E-state index contributed by atoms with van der Waals surface area (Å²) in [6.07, 6.45) is 1.73. The van der Waals surface area contributed by atoms with E-state index in [4.69, 9.17) is 0 Å². The van der Waals surface area contributed by atoms with E-state index in [9.17, 15) is 4.79 Å². The Morgan fingerprint density at radius 2 is 2.22 bits per heavy atom. The molecule has 2 aromatic heterocycles. The zero-order valence-corrected chi connectivity index (χ0v) is 17.4. The lowest BCUT2D eigenvalue weighted by Gasteiger charge is -2.22. The van der Waals surface area contributed by atoms with E-state index in [-0.39, 0.29) is 5.91 Å². The molecule has 1 N–H and O–H groups in total. The van der Waals surface area contributed by atoms with Crippen molar-refractivity contribution in [1.82, 2.24) is 15.2 Å². The van der Waals surface area contributed by atoms with Crippen LogP contribution in [0.1, 0.15) is 24.0 Å². The molecule has 0 bridgehead atoms. The van der Waals surface area contributed by atoms with Gasteiger partial charge in [-0.1, -0.05) is 36.9 Å². The fraction of sp³-hybridized carbons (Fsp3) is 0.316. The minimum absolute atomic E-state index is 0.103. The van der Waals surface area contributed by atoms with E-state index in [1.807, 2.05) is 40.9 Å². The smallest absolute Gasteiger partial charge is 0.237 e. The average Bonchev–Trinajstić information content (AvgIpc) is 3.30. The molecule has 3 aromatic rings. The quantitative estimate of drug-likeness (QED) is 0.622. The molecule has 8 heteroatoms. The number of thiophene rings is 1. The Balaban J connectivity index is 1.40. The summed E-state index contributed by atoms with van der Waals surface area (Å²) in [7, 11) is 0. The van der Waals surface area contributed by atoms with Gasteiger partial charge in [-0.2, -0.15) is 0 Å². The van der Waals surface area contributed by atoms with E-state index in [0.717, 1.165) is 30.9 Å². The number of amides is 1. The van der Waals surface area contributed by atoms with Crippen LogP contribution in [0.2, 0.25) is 0 Å². The monoisotopic (exact) mass is 416 g/mol. The highest BCUT2D eigenvalue weighted by Crippen LogP contribution is 2.37. The lowest BCUT2D eigenvalue weighted by Crippen LogP contribution is -2.33. The molecule has 1 atom stereocenters. The van der Waals surface area contributed by atoms with Crippen molar-refractivity contribution in [2.24, 2.45) is 0 Å². The van der Waals surface area contributed by atoms with Crippen LogP contribution < -0.4 is 4.90 Å². The zero-order valence-electron chi connectivity index (χ0n) is 14.9. The van der Waals surface area contributed by atoms with Gasteiger partial charge in [0.2, 0.25) is 11.1 Å². The predicted molar refractivity (Wildman–Crippen MR) is 113 cm³/mol. The number of rotatable bonds is 5. The summed E-state index contributed by atoms with van der Waals surface area (Å²) in [5.74, 6) is 1.27. The van der Waals surface area contributed by atoms with Gasteiger partial charge in [-0.05, 0) is 30.0 Å². The van der Waals surface area contributed by atoms with Crippen LogP contribution in [0, 0.1) is 0 Å². The van der Waals surface area contributed by atoms with Gasteiger partial charge in [-0.25, -0.2) is 4.98 Å². The van der Waals surface area contributed by atoms with Gasteiger partial charge in [-0.3, -0.25) is 9.89 Å². The average molecular weight is 417 g/mol. The molecule has 0 saturated heterocycles. The maximum atomic E-state index is 12.9. The second-order valence-electron chi connectivity index (χ2n) is 6.34. The van der Waals surface area contributed by atoms with Crippen molar-refractivity contribution in [3.8, 4) is 0 Å². The van der Waals surface area contributed by atoms with E-state index in [1.165, 1.54) is 21.5 Å². The van der Waals surface area contributed by atoms with Gasteiger partial charge < -0.3 is 4.90 Å². The lowest BCUT2D eigenvalue weighted by molar-refractivity contribution is -0.116. The standard InChI is InChI=1S/C19H20N4OS3/c1-13-8-9-23(15-6-2-3-7-16(15)27-13)18(24)12-26-19-20-17(21-22-19)11-14-5-4-10-25-14/h2-7,10,13H,8-9,11-12H2,1H3,(H,20,21,22). The third-order valence-corrected chi connectivity index (χ3v) is 7.25. The molecule has 0 fully saturated rings. The van der Waals surface area contributed by atoms with E-state index >= 15 is 0 Å². The molecule has 1 aliphatic rings. The number of H-pyrrole nitrogens is 1. The van der Waals surface area contributed by atoms with Crippen molar-refractivity contribution in [2.75, 3.05) is 17.2 Å². The van der Waals surface area contributed by atoms with Crippen LogP contribution in [-0.2, 0) is 11.2 Å². The van der Waals surface area contributed by atoms with Crippen molar-refractivity contribution in [1.29, 1.82) is 0 Å². The molecule has 1 amide bonds. The summed E-state index contributed by atoms with van der Waals surface area (Å²) >= 11 is 4.94. The molecule has 140 valence electrons. The van der Waals surface area contributed by atoms with Gasteiger partial charge in [0.05, 0.1) is 11.4 Å². The lowest BCUT2D eigenvalue weighted by atomic mass is 10.2. The summed E-state index contributed by atoms with van der Waals surface area (Å²) in [4.78, 5) is 21.7. The molecular formula is C19H20N4OS3. The second-order valence-corrected chi connectivity index (χ2v) is 9.79. The Morgan fingerprint density at radius 1 is 1.33 bits per heavy atom. The molecule has 0 radical (unpaired) electrons. The number of nitrogens with zero attached hydrogens (tertiary/aromatic N) is 3. The maximum absolute atomic E-state index is 12.9. The number of para-hydroxylation sites is 1. The van der Waals surface area contributed by atoms with Crippen LogP contribution in [0.25, 0.3) is 0 Å². The fourth-order valence-electron chi connectivity index (χ4n) is 2.95. The minimum Gasteiger partial charge on any atom is -0.311 e.